The van der Waals surface area contributed by atoms with Crippen LogP contribution < -0.4 is 4.57 Å². The molecule has 0 N–H and O–H groups in total. The summed E-state index contributed by atoms with van der Waals surface area (Å²) in [5, 5.41) is 2.39. The first-order valence-corrected chi connectivity index (χ1v) is 7.13. The maximum atomic E-state index is 12.4. The lowest BCUT2D eigenvalue weighted by molar-refractivity contribution is -0.687. The molecule has 3 rings (SSSR count). The third kappa shape index (κ3) is 2.70. The molecule has 0 amide bonds. The quantitative estimate of drug-likeness (QED) is 0.528. The number of pyridine rings is 1. The summed E-state index contributed by atoms with van der Waals surface area (Å²) < 4.78 is 2.02. The molecule has 0 aliphatic carbocycles. The van der Waals surface area contributed by atoms with Gasteiger partial charge in [-0.1, -0.05) is 48.0 Å². The molecule has 0 saturated carbocycles. The van der Waals surface area contributed by atoms with Crippen LogP contribution >= 0.6 is 0 Å². The summed E-state index contributed by atoms with van der Waals surface area (Å²) in [4.78, 5) is 12.4. The SMILES string of the molecule is Cc1ccc(C(=O)C[n+]2ccc3ccccc3c2C)cc1. The molecule has 1 aromatic heterocycles. The second-order valence-electron chi connectivity index (χ2n) is 5.41. The van der Waals surface area contributed by atoms with Gasteiger partial charge in [0.2, 0.25) is 12.3 Å². The number of Topliss-reactive ketones (excluding diaryl/α,β-unsaturated/α-hetero) is 1. The Balaban J connectivity index is 1.93. The summed E-state index contributed by atoms with van der Waals surface area (Å²) in [6, 6.07) is 18.1. The summed E-state index contributed by atoms with van der Waals surface area (Å²) >= 11 is 0. The van der Waals surface area contributed by atoms with E-state index < -0.39 is 0 Å². The molecule has 0 atom stereocenters. The predicted molar refractivity (Wildman–Crippen MR) is 84.4 cm³/mol. The zero-order valence-electron chi connectivity index (χ0n) is 12.3. The predicted octanol–water partition coefficient (Wildman–Crippen LogP) is 3.63. The number of aromatic nitrogens is 1. The standard InChI is InChI=1S/C19H18NO/c1-14-7-9-17(10-8-14)19(21)13-20-12-11-16-5-3-4-6-18(16)15(20)2/h3-12H,13H2,1-2H3/q+1. The molecule has 0 unspecified atom stereocenters. The Kier molecular flexibility index (Phi) is 3.53. The van der Waals surface area contributed by atoms with E-state index in [1.807, 2.05) is 54.1 Å². The maximum Gasteiger partial charge on any atom is 0.227 e. The van der Waals surface area contributed by atoms with Crippen LogP contribution in [0.1, 0.15) is 21.6 Å². The second kappa shape index (κ2) is 5.49. The molecule has 0 aliphatic rings. The summed E-state index contributed by atoms with van der Waals surface area (Å²) in [5.74, 6) is 0.137. The number of nitrogens with zero attached hydrogens (tertiary/aromatic N) is 1. The minimum atomic E-state index is 0.137. The van der Waals surface area contributed by atoms with Crippen LogP contribution in [0.3, 0.4) is 0 Å². The van der Waals surface area contributed by atoms with E-state index in [2.05, 4.69) is 25.1 Å². The Morgan fingerprint density at radius 2 is 1.67 bits per heavy atom. The maximum absolute atomic E-state index is 12.4. The van der Waals surface area contributed by atoms with Gasteiger partial charge in [0.1, 0.15) is 0 Å². The lowest BCUT2D eigenvalue weighted by Gasteiger charge is -2.04. The minimum Gasteiger partial charge on any atom is -0.287 e. The zero-order chi connectivity index (χ0) is 14.8. The van der Waals surface area contributed by atoms with Crippen molar-refractivity contribution in [1.82, 2.24) is 0 Å². The molecule has 0 aliphatic heterocycles. The van der Waals surface area contributed by atoms with Gasteiger partial charge in [0.25, 0.3) is 0 Å². The molecule has 0 fully saturated rings. The fraction of sp³-hybridized carbons (Fsp3) is 0.158. The molecule has 21 heavy (non-hydrogen) atoms. The number of rotatable bonds is 3. The number of hydrogen-bond donors (Lipinski definition) is 0. The van der Waals surface area contributed by atoms with Gasteiger partial charge in [-0.15, -0.1) is 0 Å². The Labute approximate surface area is 124 Å². The highest BCUT2D eigenvalue weighted by Crippen LogP contribution is 2.14. The molecule has 2 nitrogen and oxygen atoms in total. The highest BCUT2D eigenvalue weighted by Gasteiger charge is 2.16. The minimum absolute atomic E-state index is 0.137. The van der Waals surface area contributed by atoms with Gasteiger partial charge >= 0.3 is 0 Å². The van der Waals surface area contributed by atoms with E-state index in [9.17, 15) is 4.79 Å². The van der Waals surface area contributed by atoms with E-state index in [0.717, 1.165) is 11.3 Å². The van der Waals surface area contributed by atoms with Crippen molar-refractivity contribution in [2.45, 2.75) is 20.4 Å². The molecule has 104 valence electrons. The van der Waals surface area contributed by atoms with E-state index in [-0.39, 0.29) is 5.78 Å². The van der Waals surface area contributed by atoms with Gasteiger partial charge in [-0.05, 0) is 18.4 Å². The Morgan fingerprint density at radius 1 is 0.952 bits per heavy atom. The van der Waals surface area contributed by atoms with Crippen LogP contribution in [0.25, 0.3) is 10.8 Å². The largest absolute Gasteiger partial charge is 0.287 e. The van der Waals surface area contributed by atoms with E-state index in [1.165, 1.54) is 16.3 Å². The fourth-order valence-corrected chi connectivity index (χ4v) is 2.57. The highest BCUT2D eigenvalue weighted by atomic mass is 16.1. The first-order valence-electron chi connectivity index (χ1n) is 7.13. The van der Waals surface area contributed by atoms with Crippen molar-refractivity contribution in [3.63, 3.8) is 0 Å². The van der Waals surface area contributed by atoms with Gasteiger partial charge < -0.3 is 0 Å². The molecule has 2 aromatic carbocycles. The van der Waals surface area contributed by atoms with Crippen molar-refractivity contribution in [2.75, 3.05) is 0 Å². The Hall–Kier alpha value is -2.48. The smallest absolute Gasteiger partial charge is 0.227 e. The molecule has 3 aromatic rings. The van der Waals surface area contributed by atoms with Crippen molar-refractivity contribution >= 4 is 16.6 Å². The third-order valence-corrected chi connectivity index (χ3v) is 3.90. The van der Waals surface area contributed by atoms with Crippen molar-refractivity contribution in [1.29, 1.82) is 0 Å². The summed E-state index contributed by atoms with van der Waals surface area (Å²) in [5.41, 5.74) is 3.05. The van der Waals surface area contributed by atoms with Crippen molar-refractivity contribution in [3.05, 3.63) is 77.6 Å². The number of hydrogen-bond acceptors (Lipinski definition) is 1. The average molecular weight is 276 g/mol. The van der Waals surface area contributed by atoms with Gasteiger partial charge in [-0.3, -0.25) is 4.79 Å². The van der Waals surface area contributed by atoms with Gasteiger partial charge in [0.05, 0.1) is 0 Å². The van der Waals surface area contributed by atoms with Crippen molar-refractivity contribution < 1.29 is 9.36 Å². The normalized spacial score (nSPS) is 10.8. The fourth-order valence-electron chi connectivity index (χ4n) is 2.57. The van der Waals surface area contributed by atoms with Crippen molar-refractivity contribution in [2.24, 2.45) is 0 Å². The Bertz CT molecular complexity index is 803. The number of aryl methyl sites for hydroxylation is 2. The van der Waals surface area contributed by atoms with Crippen LogP contribution in [0.15, 0.2) is 60.8 Å². The van der Waals surface area contributed by atoms with Gasteiger partial charge in [-0.2, -0.15) is 4.57 Å². The molecule has 1 heterocycles. The number of ketones is 1. The molecule has 0 saturated heterocycles. The van der Waals surface area contributed by atoms with E-state index in [0.29, 0.717) is 6.54 Å². The number of benzene rings is 2. The van der Waals surface area contributed by atoms with Gasteiger partial charge in [0.15, 0.2) is 11.9 Å². The molecular weight excluding hydrogens is 258 g/mol. The van der Waals surface area contributed by atoms with Gasteiger partial charge in [-0.25, -0.2) is 0 Å². The van der Waals surface area contributed by atoms with Gasteiger partial charge in [0, 0.05) is 23.9 Å². The van der Waals surface area contributed by atoms with E-state index >= 15 is 0 Å². The average Bonchev–Trinajstić information content (AvgIpc) is 2.51. The van der Waals surface area contributed by atoms with Crippen LogP contribution in [-0.2, 0) is 6.54 Å². The molecule has 0 radical (unpaired) electrons. The summed E-state index contributed by atoms with van der Waals surface area (Å²) in [6.45, 7) is 4.46. The lowest BCUT2D eigenvalue weighted by atomic mass is 10.1. The lowest BCUT2D eigenvalue weighted by Crippen LogP contribution is -2.40. The van der Waals surface area contributed by atoms with Crippen LogP contribution in [0.5, 0.6) is 0 Å². The molecule has 0 bridgehead atoms. The number of carbonyl (C=O) groups excluding carboxylic acids is 1. The summed E-state index contributed by atoms with van der Waals surface area (Å²) in [6.07, 6.45) is 1.99. The monoisotopic (exact) mass is 276 g/mol. The number of fused-ring (bicyclic) bond motifs is 1. The molecule has 0 spiro atoms. The van der Waals surface area contributed by atoms with Crippen LogP contribution in [-0.4, -0.2) is 5.78 Å². The van der Waals surface area contributed by atoms with Crippen LogP contribution in [0.2, 0.25) is 0 Å². The number of carbonyl (C=O) groups is 1. The van der Waals surface area contributed by atoms with E-state index in [4.69, 9.17) is 0 Å². The highest BCUT2D eigenvalue weighted by molar-refractivity contribution is 5.95. The zero-order valence-corrected chi connectivity index (χ0v) is 12.3. The van der Waals surface area contributed by atoms with E-state index in [1.54, 1.807) is 0 Å². The topological polar surface area (TPSA) is 20.9 Å². The molecule has 2 heteroatoms. The third-order valence-electron chi connectivity index (χ3n) is 3.90. The molecular formula is C19H18NO+. The van der Waals surface area contributed by atoms with Crippen molar-refractivity contribution in [3.8, 4) is 0 Å². The first kappa shape index (κ1) is 13.5. The summed E-state index contributed by atoms with van der Waals surface area (Å²) in [7, 11) is 0. The second-order valence-corrected chi connectivity index (χ2v) is 5.41. The van der Waals surface area contributed by atoms with Crippen LogP contribution in [0.4, 0.5) is 0 Å². The first-order chi connectivity index (χ1) is 10.1. The van der Waals surface area contributed by atoms with Crippen LogP contribution in [0, 0.1) is 13.8 Å². The Morgan fingerprint density at radius 3 is 2.43 bits per heavy atom.